The maximum absolute atomic E-state index is 12.4. The number of esters is 1. The van der Waals surface area contributed by atoms with Gasteiger partial charge < -0.3 is 14.2 Å². The van der Waals surface area contributed by atoms with Gasteiger partial charge in [-0.15, -0.1) is 0 Å². The van der Waals surface area contributed by atoms with Crippen molar-refractivity contribution in [3.05, 3.63) is 90.2 Å². The molecule has 5 nitrogen and oxygen atoms in total. The highest BCUT2D eigenvalue weighted by molar-refractivity contribution is 6.13. The van der Waals surface area contributed by atoms with Crippen LogP contribution in [0.25, 0.3) is 6.08 Å². The van der Waals surface area contributed by atoms with Crippen molar-refractivity contribution in [2.75, 3.05) is 13.2 Å². The van der Waals surface area contributed by atoms with E-state index in [9.17, 15) is 4.79 Å². The fourth-order valence-electron chi connectivity index (χ4n) is 2.95. The Kier molecular flexibility index (Phi) is 6.75. The summed E-state index contributed by atoms with van der Waals surface area (Å²) in [5.74, 6) is 0.978. The fourth-order valence-corrected chi connectivity index (χ4v) is 2.95. The lowest BCUT2D eigenvalue weighted by atomic mass is 9.87. The Balaban J connectivity index is 1.90. The average Bonchev–Trinajstić information content (AvgIpc) is 3.11. The zero-order valence-corrected chi connectivity index (χ0v) is 18.2. The van der Waals surface area contributed by atoms with Crippen LogP contribution in [0.2, 0.25) is 0 Å². The summed E-state index contributed by atoms with van der Waals surface area (Å²) in [6, 6.07) is 13.2. The molecule has 2 aromatic carbocycles. The Morgan fingerprint density at radius 2 is 1.68 bits per heavy atom. The normalized spacial score (nSPS) is 14.7. The molecule has 5 heteroatoms. The molecule has 0 radical (unpaired) electrons. The minimum Gasteiger partial charge on any atom is -0.489 e. The molecule has 1 aliphatic heterocycles. The van der Waals surface area contributed by atoms with Crippen LogP contribution in [0.15, 0.2) is 78.5 Å². The highest BCUT2D eigenvalue weighted by Crippen LogP contribution is 2.29. The molecule has 0 bridgehead atoms. The zero-order valence-electron chi connectivity index (χ0n) is 18.2. The number of nitrogens with zero attached hydrogens (tertiary/aromatic N) is 1. The van der Waals surface area contributed by atoms with Gasteiger partial charge in [-0.05, 0) is 41.3 Å². The third kappa shape index (κ3) is 5.51. The van der Waals surface area contributed by atoms with Crippen molar-refractivity contribution in [2.45, 2.75) is 26.2 Å². The number of ether oxygens (including phenoxy) is 3. The quantitative estimate of drug-likeness (QED) is 0.325. The van der Waals surface area contributed by atoms with Gasteiger partial charge in [0, 0.05) is 17.2 Å². The molecule has 0 saturated carbocycles. The molecule has 0 atom stereocenters. The Bertz CT molecular complexity index is 1040. The summed E-state index contributed by atoms with van der Waals surface area (Å²) < 4.78 is 16.7. The lowest BCUT2D eigenvalue weighted by Crippen LogP contribution is -2.11. The number of hydrogen-bond acceptors (Lipinski definition) is 5. The van der Waals surface area contributed by atoms with E-state index < -0.39 is 5.97 Å². The Morgan fingerprint density at radius 1 is 1.00 bits per heavy atom. The molecule has 160 valence electrons. The van der Waals surface area contributed by atoms with Crippen molar-refractivity contribution in [3.8, 4) is 11.5 Å². The predicted octanol–water partition coefficient (Wildman–Crippen LogP) is 5.46. The molecule has 0 unspecified atom stereocenters. The number of hydrogen-bond donors (Lipinski definition) is 0. The molecule has 0 N–H and O–H groups in total. The minimum absolute atomic E-state index is 0.0428. The maximum atomic E-state index is 12.4. The van der Waals surface area contributed by atoms with Crippen molar-refractivity contribution in [3.63, 3.8) is 0 Å². The molecular weight excluding hydrogens is 390 g/mol. The summed E-state index contributed by atoms with van der Waals surface area (Å²) in [6.45, 7) is 14.5. The lowest BCUT2D eigenvalue weighted by molar-refractivity contribution is -0.129. The van der Waals surface area contributed by atoms with Gasteiger partial charge in [0.2, 0.25) is 5.90 Å². The first-order valence-corrected chi connectivity index (χ1v) is 10.1. The summed E-state index contributed by atoms with van der Waals surface area (Å²) in [5, 5.41) is 0. The van der Waals surface area contributed by atoms with Crippen LogP contribution in [0, 0.1) is 0 Å². The van der Waals surface area contributed by atoms with Crippen LogP contribution in [-0.4, -0.2) is 25.1 Å². The number of aliphatic imine (C=N–C) groups is 1. The van der Waals surface area contributed by atoms with Crippen LogP contribution in [-0.2, 0) is 14.9 Å². The van der Waals surface area contributed by atoms with Crippen LogP contribution < -0.4 is 9.47 Å². The van der Waals surface area contributed by atoms with Gasteiger partial charge in [-0.2, -0.15) is 0 Å². The van der Waals surface area contributed by atoms with E-state index in [4.69, 9.17) is 14.2 Å². The molecule has 2 aromatic rings. The first kappa shape index (κ1) is 22.1. The first-order chi connectivity index (χ1) is 14.8. The van der Waals surface area contributed by atoms with E-state index in [0.29, 0.717) is 30.3 Å². The van der Waals surface area contributed by atoms with Gasteiger partial charge in [0.05, 0.1) is 0 Å². The molecule has 3 rings (SSSR count). The van der Waals surface area contributed by atoms with Crippen molar-refractivity contribution < 1.29 is 19.0 Å². The van der Waals surface area contributed by atoms with Crippen molar-refractivity contribution >= 4 is 17.9 Å². The molecule has 0 aliphatic carbocycles. The summed E-state index contributed by atoms with van der Waals surface area (Å²) in [4.78, 5) is 16.8. The monoisotopic (exact) mass is 417 g/mol. The summed E-state index contributed by atoms with van der Waals surface area (Å²) in [5.41, 5.74) is 2.88. The van der Waals surface area contributed by atoms with E-state index in [1.807, 2.05) is 30.3 Å². The van der Waals surface area contributed by atoms with Crippen LogP contribution in [0.3, 0.4) is 0 Å². The van der Waals surface area contributed by atoms with Gasteiger partial charge in [0.25, 0.3) is 0 Å². The number of rotatable bonds is 8. The van der Waals surface area contributed by atoms with Gasteiger partial charge in [0.15, 0.2) is 5.70 Å². The standard InChI is InChI=1S/C26H27NO4/c1-6-14-29-21-13-10-19(23(17-21)30-15-7-2)16-22-25(28)31-24(27-22)18-8-11-20(12-9-18)26(3,4)5/h6-13,16-17H,1-2,14-15H2,3-5H3/b22-16-. The number of cyclic esters (lactones) is 1. The molecule has 0 aromatic heterocycles. The van der Waals surface area contributed by atoms with Crippen LogP contribution in [0.1, 0.15) is 37.5 Å². The molecule has 0 spiro atoms. The molecule has 0 saturated heterocycles. The molecule has 1 aliphatic rings. The Morgan fingerprint density at radius 3 is 2.32 bits per heavy atom. The average molecular weight is 418 g/mol. The van der Waals surface area contributed by atoms with Crippen molar-refractivity contribution in [1.29, 1.82) is 0 Å². The molecule has 0 amide bonds. The summed E-state index contributed by atoms with van der Waals surface area (Å²) in [6.07, 6.45) is 4.96. The first-order valence-electron chi connectivity index (χ1n) is 10.1. The Hall–Kier alpha value is -3.60. The number of carbonyl (C=O) groups is 1. The van der Waals surface area contributed by atoms with Gasteiger partial charge >= 0.3 is 5.97 Å². The van der Waals surface area contributed by atoms with E-state index in [2.05, 4.69) is 38.9 Å². The largest absolute Gasteiger partial charge is 0.489 e. The smallest absolute Gasteiger partial charge is 0.363 e. The molecular formula is C26H27NO4. The SMILES string of the molecule is C=CCOc1ccc(/C=C2\N=C(c3ccc(C(C)(C)C)cc3)OC2=O)c(OCC=C)c1. The minimum atomic E-state index is -0.503. The van der Waals surface area contributed by atoms with E-state index in [0.717, 1.165) is 5.56 Å². The van der Waals surface area contributed by atoms with Crippen LogP contribution in [0.5, 0.6) is 11.5 Å². The second-order valence-electron chi connectivity index (χ2n) is 8.06. The van der Waals surface area contributed by atoms with E-state index in [1.165, 1.54) is 5.56 Å². The van der Waals surface area contributed by atoms with Gasteiger partial charge in [-0.25, -0.2) is 9.79 Å². The molecule has 0 fully saturated rings. The number of benzene rings is 2. The molecule has 1 heterocycles. The summed E-state index contributed by atoms with van der Waals surface area (Å²) in [7, 11) is 0. The maximum Gasteiger partial charge on any atom is 0.363 e. The second kappa shape index (κ2) is 9.47. The fraction of sp³-hybridized carbons (Fsp3) is 0.231. The topological polar surface area (TPSA) is 57.1 Å². The predicted molar refractivity (Wildman–Crippen MR) is 124 cm³/mol. The van der Waals surface area contributed by atoms with Crippen LogP contribution >= 0.6 is 0 Å². The molecule has 31 heavy (non-hydrogen) atoms. The van der Waals surface area contributed by atoms with Gasteiger partial charge in [0.1, 0.15) is 24.7 Å². The Labute approximate surface area is 183 Å². The highest BCUT2D eigenvalue weighted by atomic mass is 16.6. The van der Waals surface area contributed by atoms with Crippen molar-refractivity contribution in [1.82, 2.24) is 0 Å². The van der Waals surface area contributed by atoms with Crippen molar-refractivity contribution in [2.24, 2.45) is 4.99 Å². The van der Waals surface area contributed by atoms with Gasteiger partial charge in [-0.1, -0.05) is 58.2 Å². The zero-order chi connectivity index (χ0) is 22.4. The van der Waals surface area contributed by atoms with Gasteiger partial charge in [-0.3, -0.25) is 0 Å². The third-order valence-corrected chi connectivity index (χ3v) is 4.62. The summed E-state index contributed by atoms with van der Waals surface area (Å²) >= 11 is 0. The highest BCUT2D eigenvalue weighted by Gasteiger charge is 2.25. The second-order valence-corrected chi connectivity index (χ2v) is 8.06. The van der Waals surface area contributed by atoms with E-state index in [1.54, 1.807) is 30.4 Å². The van der Waals surface area contributed by atoms with Crippen LogP contribution in [0.4, 0.5) is 0 Å². The van der Waals surface area contributed by atoms with E-state index >= 15 is 0 Å². The number of carbonyl (C=O) groups excluding carboxylic acids is 1. The third-order valence-electron chi connectivity index (χ3n) is 4.62. The lowest BCUT2D eigenvalue weighted by Gasteiger charge is -2.18. The van der Waals surface area contributed by atoms with E-state index in [-0.39, 0.29) is 17.0 Å².